The van der Waals surface area contributed by atoms with Crippen LogP contribution in [0.25, 0.3) is 0 Å². The van der Waals surface area contributed by atoms with Crippen LogP contribution in [0.4, 0.5) is 8.78 Å². The van der Waals surface area contributed by atoms with Gasteiger partial charge in [-0.05, 0) is 13.0 Å². The summed E-state index contributed by atoms with van der Waals surface area (Å²) in [5.74, 6) is 0. The molecule has 0 radical (unpaired) electrons. The Labute approximate surface area is 106 Å². The first-order chi connectivity index (χ1) is 8.93. The zero-order chi connectivity index (χ0) is 14.2. The van der Waals surface area contributed by atoms with Crippen LogP contribution >= 0.6 is 0 Å². The second-order valence-electron chi connectivity index (χ2n) is 4.14. The van der Waals surface area contributed by atoms with Gasteiger partial charge in [0.25, 0.3) is 12.0 Å². The van der Waals surface area contributed by atoms with Gasteiger partial charge in [0, 0.05) is 17.3 Å². The first-order valence-electron chi connectivity index (χ1n) is 5.52. The van der Waals surface area contributed by atoms with E-state index in [1.54, 1.807) is 0 Å². The van der Waals surface area contributed by atoms with Crippen LogP contribution < -0.4 is 11.2 Å². The summed E-state index contributed by atoms with van der Waals surface area (Å²) in [6.07, 6.45) is -2.69. The van der Waals surface area contributed by atoms with Crippen LogP contribution in [0.1, 0.15) is 11.8 Å². The molecule has 19 heavy (non-hydrogen) atoms. The van der Waals surface area contributed by atoms with E-state index in [0.717, 1.165) is 10.6 Å². The largest absolute Gasteiger partial charge is 0.393 e. The first-order valence-corrected chi connectivity index (χ1v) is 5.52. The Balaban J connectivity index is 2.42. The summed E-state index contributed by atoms with van der Waals surface area (Å²) in [5.41, 5.74) is -1.43. The molecular formula is C11H12F2N2O4. The molecule has 1 aliphatic rings. The Kier molecular flexibility index (Phi) is 3.63. The maximum atomic E-state index is 12.7. The van der Waals surface area contributed by atoms with Crippen LogP contribution in [-0.2, 0) is 4.74 Å². The van der Waals surface area contributed by atoms with Gasteiger partial charge in [0.2, 0.25) is 0 Å². The molecule has 0 amide bonds. The summed E-state index contributed by atoms with van der Waals surface area (Å²) >= 11 is 0. The number of H-pyrrole nitrogens is 1. The Morgan fingerprint density at radius 1 is 1.53 bits per heavy atom. The molecule has 2 heterocycles. The van der Waals surface area contributed by atoms with Crippen molar-refractivity contribution in [1.29, 1.82) is 0 Å². The fourth-order valence-corrected chi connectivity index (χ4v) is 1.84. The SMILES string of the molecule is Cc1cn([C@H]2C=C(C(F)F)[C@@H](CO)O2)c(=O)[nH]c1=O. The zero-order valence-corrected chi connectivity index (χ0v) is 9.97. The van der Waals surface area contributed by atoms with Crippen molar-refractivity contribution in [2.24, 2.45) is 0 Å². The lowest BCUT2D eigenvalue weighted by Crippen LogP contribution is -2.33. The number of aliphatic hydroxyl groups excluding tert-OH is 1. The molecule has 2 rings (SSSR count). The number of aromatic nitrogens is 2. The first kappa shape index (κ1) is 13.6. The van der Waals surface area contributed by atoms with Gasteiger partial charge in [0.15, 0.2) is 6.23 Å². The van der Waals surface area contributed by atoms with E-state index in [2.05, 4.69) is 4.98 Å². The molecule has 0 saturated heterocycles. The number of halogens is 2. The van der Waals surface area contributed by atoms with Crippen molar-refractivity contribution in [3.8, 4) is 0 Å². The second-order valence-corrected chi connectivity index (χ2v) is 4.14. The predicted molar refractivity (Wildman–Crippen MR) is 61.1 cm³/mol. The minimum atomic E-state index is -2.78. The van der Waals surface area contributed by atoms with Crippen molar-refractivity contribution in [1.82, 2.24) is 9.55 Å². The van der Waals surface area contributed by atoms with E-state index in [0.29, 0.717) is 0 Å². The number of aryl methyl sites for hydroxylation is 1. The summed E-state index contributed by atoms with van der Waals surface area (Å²) in [7, 11) is 0. The van der Waals surface area contributed by atoms with Crippen molar-refractivity contribution in [2.45, 2.75) is 25.7 Å². The predicted octanol–water partition coefficient (Wildman–Crippen LogP) is -0.0738. The normalized spacial score (nSPS) is 22.9. The van der Waals surface area contributed by atoms with Crippen LogP contribution in [0.2, 0.25) is 0 Å². The minimum absolute atomic E-state index is 0.252. The van der Waals surface area contributed by atoms with Gasteiger partial charge in [-0.2, -0.15) is 0 Å². The molecule has 0 saturated carbocycles. The molecule has 6 nitrogen and oxygen atoms in total. The smallest absolute Gasteiger partial charge is 0.330 e. The number of alkyl halides is 2. The number of nitrogens with one attached hydrogen (secondary N) is 1. The number of hydrogen-bond donors (Lipinski definition) is 2. The molecule has 0 spiro atoms. The van der Waals surface area contributed by atoms with E-state index >= 15 is 0 Å². The molecule has 0 aliphatic carbocycles. The highest BCUT2D eigenvalue weighted by Gasteiger charge is 2.33. The fourth-order valence-electron chi connectivity index (χ4n) is 1.84. The van der Waals surface area contributed by atoms with Crippen LogP contribution in [0.3, 0.4) is 0 Å². The molecule has 0 bridgehead atoms. The summed E-state index contributed by atoms with van der Waals surface area (Å²) < 4.78 is 31.6. The molecule has 104 valence electrons. The standard InChI is InChI=1S/C11H12F2N2O4/c1-5-3-15(11(18)14-10(5)17)8-2-6(9(12)13)7(4-16)19-8/h2-3,7-9,16H,4H2,1H3,(H,14,17,18)/t7-,8-/m1/s1. The van der Waals surface area contributed by atoms with Crippen LogP contribution in [-0.4, -0.2) is 33.8 Å². The molecule has 2 atom stereocenters. The Morgan fingerprint density at radius 3 is 2.74 bits per heavy atom. The summed E-state index contributed by atoms with van der Waals surface area (Å²) in [6, 6.07) is 0. The lowest BCUT2D eigenvalue weighted by atomic mass is 10.2. The van der Waals surface area contributed by atoms with Gasteiger partial charge in [0.1, 0.15) is 6.10 Å². The highest BCUT2D eigenvalue weighted by molar-refractivity contribution is 5.18. The van der Waals surface area contributed by atoms with Crippen LogP contribution in [0.15, 0.2) is 27.4 Å². The topological polar surface area (TPSA) is 84.3 Å². The zero-order valence-electron chi connectivity index (χ0n) is 9.97. The number of hydrogen-bond acceptors (Lipinski definition) is 4. The lowest BCUT2D eigenvalue weighted by Gasteiger charge is -2.15. The van der Waals surface area contributed by atoms with Crippen molar-refractivity contribution in [3.63, 3.8) is 0 Å². The Bertz CT molecular complexity index is 620. The molecule has 0 fully saturated rings. The van der Waals surface area contributed by atoms with E-state index in [1.165, 1.54) is 13.1 Å². The molecule has 0 unspecified atom stereocenters. The minimum Gasteiger partial charge on any atom is -0.393 e. The summed E-state index contributed by atoms with van der Waals surface area (Å²) in [6.45, 7) is 0.870. The lowest BCUT2D eigenvalue weighted by molar-refractivity contribution is -0.0219. The van der Waals surface area contributed by atoms with E-state index in [4.69, 9.17) is 9.84 Å². The van der Waals surface area contributed by atoms with Gasteiger partial charge >= 0.3 is 5.69 Å². The molecular weight excluding hydrogens is 262 g/mol. The monoisotopic (exact) mass is 274 g/mol. The van der Waals surface area contributed by atoms with Gasteiger partial charge in [0.05, 0.1) is 6.61 Å². The highest BCUT2D eigenvalue weighted by Crippen LogP contribution is 2.29. The molecule has 1 aliphatic heterocycles. The average Bonchev–Trinajstić information content (AvgIpc) is 2.77. The number of ether oxygens (including phenoxy) is 1. The quantitative estimate of drug-likeness (QED) is 0.755. The molecule has 1 aromatic heterocycles. The van der Waals surface area contributed by atoms with Crippen LogP contribution in [0, 0.1) is 6.92 Å². The fraction of sp³-hybridized carbons (Fsp3) is 0.455. The third kappa shape index (κ3) is 2.49. The number of nitrogens with zero attached hydrogens (tertiary/aromatic N) is 1. The maximum absolute atomic E-state index is 12.7. The van der Waals surface area contributed by atoms with E-state index in [-0.39, 0.29) is 11.1 Å². The third-order valence-corrected chi connectivity index (χ3v) is 2.85. The Hall–Kier alpha value is -1.80. The van der Waals surface area contributed by atoms with Gasteiger partial charge in [-0.15, -0.1) is 0 Å². The Morgan fingerprint density at radius 2 is 2.21 bits per heavy atom. The average molecular weight is 274 g/mol. The summed E-state index contributed by atoms with van der Waals surface area (Å²) in [4.78, 5) is 24.9. The van der Waals surface area contributed by atoms with Crippen LogP contribution in [0.5, 0.6) is 0 Å². The van der Waals surface area contributed by atoms with Crippen molar-refractivity contribution < 1.29 is 18.6 Å². The van der Waals surface area contributed by atoms with E-state index in [9.17, 15) is 18.4 Å². The van der Waals surface area contributed by atoms with Crippen molar-refractivity contribution in [3.05, 3.63) is 44.2 Å². The number of aromatic amines is 1. The van der Waals surface area contributed by atoms with Gasteiger partial charge in [-0.3, -0.25) is 14.3 Å². The van der Waals surface area contributed by atoms with Gasteiger partial charge in [-0.25, -0.2) is 13.6 Å². The van der Waals surface area contributed by atoms with Crippen molar-refractivity contribution >= 4 is 0 Å². The third-order valence-electron chi connectivity index (χ3n) is 2.85. The van der Waals surface area contributed by atoms with Crippen molar-refractivity contribution in [2.75, 3.05) is 6.61 Å². The highest BCUT2D eigenvalue weighted by atomic mass is 19.3. The molecule has 1 aromatic rings. The van der Waals surface area contributed by atoms with E-state index in [1.807, 2.05) is 0 Å². The maximum Gasteiger partial charge on any atom is 0.330 e. The molecule has 8 heteroatoms. The molecule has 0 aromatic carbocycles. The molecule has 2 N–H and O–H groups in total. The van der Waals surface area contributed by atoms with Gasteiger partial charge < -0.3 is 9.84 Å². The van der Waals surface area contributed by atoms with Gasteiger partial charge in [-0.1, -0.05) is 0 Å². The number of aliphatic hydroxyl groups is 1. The van der Waals surface area contributed by atoms with E-state index < -0.39 is 36.6 Å². The second kappa shape index (κ2) is 5.06. The summed E-state index contributed by atoms with van der Waals surface area (Å²) in [5, 5.41) is 8.97. The number of rotatable bonds is 3.